The van der Waals surface area contributed by atoms with Gasteiger partial charge < -0.3 is 9.64 Å². The van der Waals surface area contributed by atoms with E-state index in [0.717, 1.165) is 45.8 Å². The number of pyridine rings is 1. The van der Waals surface area contributed by atoms with Crippen LogP contribution in [0.2, 0.25) is 5.02 Å². The number of ether oxygens (including phenoxy) is 1. The molecule has 3 nitrogen and oxygen atoms in total. The number of hydrogen-bond donors (Lipinski definition) is 0. The molecule has 2 aromatic rings. The Labute approximate surface area is 137 Å². The highest BCUT2D eigenvalue weighted by Gasteiger charge is 2.24. The Morgan fingerprint density at radius 2 is 2.14 bits per heavy atom. The van der Waals surface area contributed by atoms with E-state index in [4.69, 9.17) is 21.3 Å². The van der Waals surface area contributed by atoms with E-state index >= 15 is 0 Å². The van der Waals surface area contributed by atoms with E-state index in [1.54, 1.807) is 0 Å². The molecule has 1 unspecified atom stereocenters. The lowest BCUT2D eigenvalue weighted by atomic mass is 10.0. The Morgan fingerprint density at radius 3 is 2.90 bits per heavy atom. The van der Waals surface area contributed by atoms with E-state index < -0.39 is 0 Å². The molecule has 21 heavy (non-hydrogen) atoms. The standard InChI is InChI=1S/C16H16BrClN2O/c1-9-4-5-20(6-9)13-3-2-10-11-7-21-8-12(11)14(17)15(18)16(10)19-13/h2-3,9H,4-8H2,1H3. The Morgan fingerprint density at radius 1 is 1.33 bits per heavy atom. The molecule has 1 fully saturated rings. The Balaban J connectivity index is 1.88. The highest BCUT2D eigenvalue weighted by atomic mass is 79.9. The Hall–Kier alpha value is -0.840. The second kappa shape index (κ2) is 5.11. The molecule has 1 aromatic heterocycles. The van der Waals surface area contributed by atoms with Crippen LogP contribution >= 0.6 is 27.5 Å². The molecule has 0 radical (unpaired) electrons. The molecule has 1 saturated heterocycles. The van der Waals surface area contributed by atoms with Gasteiger partial charge in [-0.05, 0) is 51.5 Å². The minimum Gasteiger partial charge on any atom is -0.372 e. The van der Waals surface area contributed by atoms with Crippen molar-refractivity contribution in [2.24, 2.45) is 5.92 Å². The predicted molar refractivity (Wildman–Crippen MR) is 88.9 cm³/mol. The first-order chi connectivity index (χ1) is 10.1. The van der Waals surface area contributed by atoms with E-state index in [1.807, 2.05) is 0 Å². The largest absolute Gasteiger partial charge is 0.372 e. The highest BCUT2D eigenvalue weighted by Crippen LogP contribution is 2.41. The topological polar surface area (TPSA) is 25.4 Å². The van der Waals surface area contributed by atoms with E-state index in [2.05, 4.69) is 39.9 Å². The van der Waals surface area contributed by atoms with Gasteiger partial charge in [0.05, 0.1) is 23.8 Å². The van der Waals surface area contributed by atoms with Crippen LogP contribution in [0.3, 0.4) is 0 Å². The summed E-state index contributed by atoms with van der Waals surface area (Å²) >= 11 is 10.1. The van der Waals surface area contributed by atoms with Gasteiger partial charge in [-0.1, -0.05) is 18.5 Å². The summed E-state index contributed by atoms with van der Waals surface area (Å²) in [7, 11) is 0. The van der Waals surface area contributed by atoms with Gasteiger partial charge in [0.25, 0.3) is 0 Å². The maximum absolute atomic E-state index is 6.53. The van der Waals surface area contributed by atoms with Crippen molar-refractivity contribution in [2.75, 3.05) is 18.0 Å². The minimum atomic E-state index is 0.622. The van der Waals surface area contributed by atoms with Crippen LogP contribution < -0.4 is 4.90 Å². The maximum Gasteiger partial charge on any atom is 0.129 e. The smallest absolute Gasteiger partial charge is 0.129 e. The lowest BCUT2D eigenvalue weighted by Crippen LogP contribution is -2.20. The second-order valence-electron chi connectivity index (χ2n) is 5.98. The van der Waals surface area contributed by atoms with Crippen molar-refractivity contribution in [3.63, 3.8) is 0 Å². The molecule has 0 amide bonds. The fraction of sp³-hybridized carbons (Fsp3) is 0.438. The minimum absolute atomic E-state index is 0.622. The van der Waals surface area contributed by atoms with Crippen LogP contribution in [-0.2, 0) is 18.0 Å². The molecule has 2 aliphatic rings. The monoisotopic (exact) mass is 366 g/mol. The molecule has 0 aliphatic carbocycles. The number of hydrogen-bond acceptors (Lipinski definition) is 3. The SMILES string of the molecule is CC1CCN(c2ccc3c4c(c(Br)c(Cl)c3n2)COC4)C1. The zero-order chi connectivity index (χ0) is 14.6. The molecule has 4 rings (SSSR count). The maximum atomic E-state index is 6.53. The van der Waals surface area contributed by atoms with Gasteiger partial charge in [0, 0.05) is 22.9 Å². The first-order valence-corrected chi connectivity index (χ1v) is 8.44. The number of nitrogens with zero attached hydrogens (tertiary/aromatic N) is 2. The van der Waals surface area contributed by atoms with Crippen LogP contribution in [0.4, 0.5) is 5.82 Å². The first-order valence-electron chi connectivity index (χ1n) is 7.27. The zero-order valence-corrected chi connectivity index (χ0v) is 14.2. The summed E-state index contributed by atoms with van der Waals surface area (Å²) in [5, 5.41) is 1.81. The van der Waals surface area contributed by atoms with Crippen molar-refractivity contribution in [1.82, 2.24) is 4.98 Å². The van der Waals surface area contributed by atoms with Gasteiger partial charge in [-0.3, -0.25) is 0 Å². The van der Waals surface area contributed by atoms with Crippen LogP contribution in [0.15, 0.2) is 16.6 Å². The van der Waals surface area contributed by atoms with Crippen molar-refractivity contribution >= 4 is 44.3 Å². The predicted octanol–water partition coefficient (Wildman–Crippen LogP) is 4.53. The fourth-order valence-electron chi connectivity index (χ4n) is 3.28. The highest BCUT2D eigenvalue weighted by molar-refractivity contribution is 9.10. The van der Waals surface area contributed by atoms with Crippen molar-refractivity contribution in [1.29, 1.82) is 0 Å². The van der Waals surface area contributed by atoms with Gasteiger partial charge >= 0.3 is 0 Å². The third-order valence-corrected chi connectivity index (χ3v) is 5.95. The van der Waals surface area contributed by atoms with Gasteiger partial charge in [0.2, 0.25) is 0 Å². The summed E-state index contributed by atoms with van der Waals surface area (Å²) in [4.78, 5) is 7.18. The third-order valence-electron chi connectivity index (χ3n) is 4.48. The number of aromatic nitrogens is 1. The lowest BCUT2D eigenvalue weighted by Gasteiger charge is -2.18. The number of benzene rings is 1. The van der Waals surface area contributed by atoms with Gasteiger partial charge in [-0.15, -0.1) is 0 Å². The molecule has 1 atom stereocenters. The molecular weight excluding hydrogens is 352 g/mol. The lowest BCUT2D eigenvalue weighted by molar-refractivity contribution is 0.134. The van der Waals surface area contributed by atoms with Crippen molar-refractivity contribution < 1.29 is 4.74 Å². The van der Waals surface area contributed by atoms with Crippen molar-refractivity contribution in [2.45, 2.75) is 26.6 Å². The number of anilines is 1. The van der Waals surface area contributed by atoms with Crippen LogP contribution in [-0.4, -0.2) is 18.1 Å². The third kappa shape index (κ3) is 2.16. The Kier molecular flexibility index (Phi) is 3.36. The van der Waals surface area contributed by atoms with Crippen LogP contribution in [0.5, 0.6) is 0 Å². The summed E-state index contributed by atoms with van der Waals surface area (Å²) in [6, 6.07) is 4.26. The molecule has 0 spiro atoms. The molecular formula is C16H16BrClN2O. The van der Waals surface area contributed by atoms with E-state index in [1.165, 1.54) is 12.0 Å². The molecule has 2 aliphatic heterocycles. The molecule has 1 aromatic carbocycles. The van der Waals surface area contributed by atoms with Crippen molar-refractivity contribution in [3.05, 3.63) is 32.8 Å². The van der Waals surface area contributed by atoms with E-state index in [9.17, 15) is 0 Å². The molecule has 0 saturated carbocycles. The Bertz CT molecular complexity index is 734. The number of halogens is 2. The summed E-state index contributed by atoms with van der Waals surface area (Å²) in [6.07, 6.45) is 1.23. The number of fused-ring (bicyclic) bond motifs is 3. The quantitative estimate of drug-likeness (QED) is 0.740. The van der Waals surface area contributed by atoms with Gasteiger partial charge in [-0.2, -0.15) is 0 Å². The summed E-state index contributed by atoms with van der Waals surface area (Å²) in [5.41, 5.74) is 3.26. The summed E-state index contributed by atoms with van der Waals surface area (Å²) < 4.78 is 6.51. The fourth-order valence-corrected chi connectivity index (χ4v) is 4.08. The van der Waals surface area contributed by atoms with Crippen molar-refractivity contribution in [3.8, 4) is 0 Å². The first kappa shape index (κ1) is 13.8. The molecule has 5 heteroatoms. The second-order valence-corrected chi connectivity index (χ2v) is 7.15. The molecule has 0 N–H and O–H groups in total. The normalized spacial score (nSPS) is 21.3. The van der Waals surface area contributed by atoms with E-state index in [0.29, 0.717) is 18.2 Å². The van der Waals surface area contributed by atoms with Gasteiger partial charge in [-0.25, -0.2) is 4.98 Å². The molecule has 3 heterocycles. The average molecular weight is 368 g/mol. The molecule has 110 valence electrons. The number of rotatable bonds is 1. The summed E-state index contributed by atoms with van der Waals surface area (Å²) in [5.74, 6) is 1.76. The van der Waals surface area contributed by atoms with E-state index in [-0.39, 0.29) is 0 Å². The molecule has 0 bridgehead atoms. The zero-order valence-electron chi connectivity index (χ0n) is 11.8. The van der Waals surface area contributed by atoms with Crippen LogP contribution in [0.1, 0.15) is 24.5 Å². The van der Waals surface area contributed by atoms with Crippen LogP contribution in [0.25, 0.3) is 10.9 Å². The summed E-state index contributed by atoms with van der Waals surface area (Å²) in [6.45, 7) is 5.70. The van der Waals surface area contributed by atoms with Gasteiger partial charge in [0.1, 0.15) is 5.82 Å². The van der Waals surface area contributed by atoms with Gasteiger partial charge in [0.15, 0.2) is 0 Å². The average Bonchev–Trinajstić information content (AvgIpc) is 3.13. The van der Waals surface area contributed by atoms with Crippen LogP contribution in [0, 0.1) is 5.92 Å².